The van der Waals surface area contributed by atoms with Crippen molar-refractivity contribution in [3.63, 3.8) is 0 Å². The van der Waals surface area contributed by atoms with E-state index in [0.717, 1.165) is 33.2 Å². The fourth-order valence-electron chi connectivity index (χ4n) is 2.35. The summed E-state index contributed by atoms with van der Waals surface area (Å²) in [6.45, 7) is 0. The third-order valence-corrected chi connectivity index (χ3v) is 4.74. The van der Waals surface area contributed by atoms with E-state index in [1.54, 1.807) is 24.2 Å². The summed E-state index contributed by atoms with van der Waals surface area (Å²) in [5.41, 5.74) is 4.18. The van der Waals surface area contributed by atoms with E-state index in [0.29, 0.717) is 5.82 Å². The highest BCUT2D eigenvalue weighted by atomic mass is 35.5. The molecule has 0 bridgehead atoms. The van der Waals surface area contributed by atoms with Gasteiger partial charge in [-0.15, -0.1) is 11.8 Å². The quantitative estimate of drug-likeness (QED) is 0.665. The number of benzene rings is 1. The molecule has 0 unspecified atom stereocenters. The zero-order chi connectivity index (χ0) is 14.2. The SMILES string of the molecule is Clc1ccc2c(c1)-c1nc(-c3ccncc3)ncc1CS2. The van der Waals surface area contributed by atoms with Crippen LogP contribution in [-0.2, 0) is 5.75 Å². The van der Waals surface area contributed by atoms with Gasteiger partial charge in [0.25, 0.3) is 0 Å². The van der Waals surface area contributed by atoms with Crippen LogP contribution in [0, 0.1) is 0 Å². The van der Waals surface area contributed by atoms with Crippen LogP contribution in [0.25, 0.3) is 22.6 Å². The molecule has 1 aliphatic heterocycles. The molecule has 3 heterocycles. The topological polar surface area (TPSA) is 38.7 Å². The lowest BCUT2D eigenvalue weighted by Gasteiger charge is -2.18. The lowest BCUT2D eigenvalue weighted by Crippen LogP contribution is -2.02. The molecule has 3 nitrogen and oxygen atoms in total. The Hall–Kier alpha value is -1.91. The molecule has 102 valence electrons. The first-order valence-corrected chi connectivity index (χ1v) is 7.87. The number of rotatable bonds is 1. The van der Waals surface area contributed by atoms with Crippen LogP contribution in [0.1, 0.15) is 5.56 Å². The second kappa shape index (κ2) is 5.13. The molecule has 5 heteroatoms. The van der Waals surface area contributed by atoms with Gasteiger partial charge in [0.2, 0.25) is 0 Å². The summed E-state index contributed by atoms with van der Waals surface area (Å²) in [7, 11) is 0. The van der Waals surface area contributed by atoms with Crippen LogP contribution >= 0.6 is 23.4 Å². The predicted molar refractivity (Wildman–Crippen MR) is 85.3 cm³/mol. The van der Waals surface area contributed by atoms with Crippen molar-refractivity contribution >= 4 is 23.4 Å². The third kappa shape index (κ3) is 2.30. The van der Waals surface area contributed by atoms with Gasteiger partial charge in [-0.05, 0) is 30.3 Å². The Bertz CT molecular complexity index is 821. The van der Waals surface area contributed by atoms with Gasteiger partial charge in [0.1, 0.15) is 0 Å². The highest BCUT2D eigenvalue weighted by molar-refractivity contribution is 7.98. The second-order valence-electron chi connectivity index (χ2n) is 4.73. The van der Waals surface area contributed by atoms with Crippen LogP contribution in [0.3, 0.4) is 0 Å². The summed E-state index contributed by atoms with van der Waals surface area (Å²) in [4.78, 5) is 14.5. The molecule has 0 fully saturated rings. The minimum Gasteiger partial charge on any atom is -0.265 e. The first kappa shape index (κ1) is 12.8. The van der Waals surface area contributed by atoms with Gasteiger partial charge in [0.05, 0.1) is 5.69 Å². The molecule has 0 saturated heterocycles. The summed E-state index contributed by atoms with van der Waals surface area (Å²) in [5.74, 6) is 1.61. The number of aromatic nitrogens is 3. The Morgan fingerprint density at radius 2 is 1.95 bits per heavy atom. The average Bonchev–Trinajstić information content (AvgIpc) is 2.55. The van der Waals surface area contributed by atoms with Gasteiger partial charge < -0.3 is 0 Å². The zero-order valence-electron chi connectivity index (χ0n) is 11.0. The van der Waals surface area contributed by atoms with Crippen LogP contribution in [0.5, 0.6) is 0 Å². The number of thioether (sulfide) groups is 1. The molecule has 0 saturated carbocycles. The van der Waals surface area contributed by atoms with Gasteiger partial charge in [0, 0.05) is 51.0 Å². The highest BCUT2D eigenvalue weighted by Crippen LogP contribution is 2.41. The van der Waals surface area contributed by atoms with Crippen molar-refractivity contribution in [2.75, 3.05) is 0 Å². The van der Waals surface area contributed by atoms with E-state index in [4.69, 9.17) is 16.6 Å². The van der Waals surface area contributed by atoms with Crippen LogP contribution < -0.4 is 0 Å². The highest BCUT2D eigenvalue weighted by Gasteiger charge is 2.19. The maximum Gasteiger partial charge on any atom is 0.159 e. The summed E-state index contributed by atoms with van der Waals surface area (Å²) < 4.78 is 0. The maximum absolute atomic E-state index is 6.14. The number of pyridine rings is 1. The first-order chi connectivity index (χ1) is 10.3. The Kier molecular flexibility index (Phi) is 3.13. The Balaban J connectivity index is 1.90. The van der Waals surface area contributed by atoms with E-state index in [9.17, 15) is 0 Å². The van der Waals surface area contributed by atoms with E-state index in [1.807, 2.05) is 30.5 Å². The summed E-state index contributed by atoms with van der Waals surface area (Å²) in [5, 5.41) is 0.728. The molecule has 0 radical (unpaired) electrons. The molecule has 1 aromatic carbocycles. The monoisotopic (exact) mass is 311 g/mol. The van der Waals surface area contributed by atoms with Crippen molar-refractivity contribution in [3.8, 4) is 22.6 Å². The summed E-state index contributed by atoms with van der Waals surface area (Å²) >= 11 is 7.93. The van der Waals surface area contributed by atoms with Crippen LogP contribution in [0.2, 0.25) is 5.02 Å². The largest absolute Gasteiger partial charge is 0.265 e. The van der Waals surface area contributed by atoms with Gasteiger partial charge in [-0.2, -0.15) is 0 Å². The van der Waals surface area contributed by atoms with Crippen molar-refractivity contribution in [2.45, 2.75) is 10.6 Å². The normalized spacial score (nSPS) is 12.6. The standard InChI is InChI=1S/C16H10ClN3S/c17-12-1-2-14-13(7-12)15-11(9-21-14)8-19-16(20-15)10-3-5-18-6-4-10/h1-8H,9H2. The molecule has 0 atom stereocenters. The van der Waals surface area contributed by atoms with Crippen molar-refractivity contribution in [1.29, 1.82) is 0 Å². The molecule has 1 aliphatic rings. The molecule has 0 aliphatic carbocycles. The van der Waals surface area contributed by atoms with E-state index in [1.165, 1.54) is 4.90 Å². The van der Waals surface area contributed by atoms with Crippen molar-refractivity contribution < 1.29 is 0 Å². The van der Waals surface area contributed by atoms with E-state index in [-0.39, 0.29) is 0 Å². The smallest absolute Gasteiger partial charge is 0.159 e. The number of nitrogens with zero attached hydrogens (tertiary/aromatic N) is 3. The number of fused-ring (bicyclic) bond motifs is 3. The fraction of sp³-hybridized carbons (Fsp3) is 0.0625. The van der Waals surface area contributed by atoms with Crippen LogP contribution in [0.15, 0.2) is 53.8 Å². The Morgan fingerprint density at radius 1 is 1.10 bits per heavy atom. The van der Waals surface area contributed by atoms with Crippen LogP contribution in [0.4, 0.5) is 0 Å². The lowest BCUT2D eigenvalue weighted by atomic mass is 10.1. The fourth-order valence-corrected chi connectivity index (χ4v) is 3.52. The maximum atomic E-state index is 6.14. The molecular weight excluding hydrogens is 302 g/mol. The minimum atomic E-state index is 0.717. The van der Waals surface area contributed by atoms with Crippen molar-refractivity contribution in [3.05, 3.63) is 59.5 Å². The summed E-state index contributed by atoms with van der Waals surface area (Å²) in [6.07, 6.45) is 5.41. The lowest BCUT2D eigenvalue weighted by molar-refractivity contribution is 1.11. The molecule has 4 rings (SSSR count). The summed E-state index contributed by atoms with van der Waals surface area (Å²) in [6, 6.07) is 9.78. The predicted octanol–water partition coefficient (Wildman–Crippen LogP) is 4.46. The second-order valence-corrected chi connectivity index (χ2v) is 6.19. The molecule has 2 aromatic heterocycles. The molecular formula is C16H10ClN3S. The van der Waals surface area contributed by atoms with E-state index < -0.39 is 0 Å². The minimum absolute atomic E-state index is 0.717. The van der Waals surface area contributed by atoms with Gasteiger partial charge in [0.15, 0.2) is 5.82 Å². The first-order valence-electron chi connectivity index (χ1n) is 6.50. The van der Waals surface area contributed by atoms with Gasteiger partial charge >= 0.3 is 0 Å². The van der Waals surface area contributed by atoms with E-state index in [2.05, 4.69) is 16.0 Å². The number of hydrogen-bond donors (Lipinski definition) is 0. The van der Waals surface area contributed by atoms with Crippen molar-refractivity contribution in [1.82, 2.24) is 15.0 Å². The average molecular weight is 312 g/mol. The van der Waals surface area contributed by atoms with E-state index >= 15 is 0 Å². The Morgan fingerprint density at radius 3 is 2.81 bits per heavy atom. The van der Waals surface area contributed by atoms with Gasteiger partial charge in [-0.25, -0.2) is 9.97 Å². The van der Waals surface area contributed by atoms with Gasteiger partial charge in [-0.3, -0.25) is 4.98 Å². The molecule has 21 heavy (non-hydrogen) atoms. The van der Waals surface area contributed by atoms with Crippen molar-refractivity contribution in [2.24, 2.45) is 0 Å². The third-order valence-electron chi connectivity index (χ3n) is 3.38. The number of hydrogen-bond acceptors (Lipinski definition) is 4. The molecule has 0 N–H and O–H groups in total. The molecule has 3 aromatic rings. The Labute approximate surface area is 131 Å². The van der Waals surface area contributed by atoms with Crippen LogP contribution in [-0.4, -0.2) is 15.0 Å². The molecule has 0 spiro atoms. The van der Waals surface area contributed by atoms with Gasteiger partial charge in [-0.1, -0.05) is 11.6 Å². The molecule has 0 amide bonds. The number of halogens is 1. The zero-order valence-corrected chi connectivity index (χ0v) is 12.5.